The van der Waals surface area contributed by atoms with Crippen LogP contribution in [0, 0.1) is 0 Å². The molecular formula is C10H14. The quantitative estimate of drug-likeness (QED) is 0.520. The Morgan fingerprint density at radius 3 is 2.20 bits per heavy atom. The highest BCUT2D eigenvalue weighted by Crippen LogP contribution is 2.04. The lowest BCUT2D eigenvalue weighted by Gasteiger charge is -1.93. The maximum Gasteiger partial charge on any atom is -0.0305 e. The Bertz CT molecular complexity index is 180. The minimum atomic E-state index is 0.984. The zero-order valence-electron chi connectivity index (χ0n) is 6.72. The molecule has 0 amide bonds. The zero-order chi connectivity index (χ0) is 7.98. The summed E-state index contributed by atoms with van der Waals surface area (Å²) in [6.45, 7) is 11.5. The number of rotatable bonds is 3. The fourth-order valence-electron chi connectivity index (χ4n) is 0.425. The van der Waals surface area contributed by atoms with Gasteiger partial charge >= 0.3 is 0 Å². The standard InChI is InChI=1S/C10H14/c1-5-6-7-8-10(4)9(2)3/h5-8H,2,4H2,1,3H3/b6-5-,8-7-. The molecule has 10 heavy (non-hydrogen) atoms. The van der Waals surface area contributed by atoms with Crippen molar-refractivity contribution in [1.29, 1.82) is 0 Å². The molecule has 0 aliphatic carbocycles. The van der Waals surface area contributed by atoms with Gasteiger partial charge in [-0.1, -0.05) is 43.0 Å². The van der Waals surface area contributed by atoms with Gasteiger partial charge in [-0.05, 0) is 19.4 Å². The average molecular weight is 134 g/mol. The maximum absolute atomic E-state index is 3.81. The largest absolute Gasteiger partial charge is 0.0955 e. The van der Waals surface area contributed by atoms with Crippen LogP contribution in [0.1, 0.15) is 13.8 Å². The van der Waals surface area contributed by atoms with Crippen molar-refractivity contribution < 1.29 is 0 Å². The molecule has 0 saturated carbocycles. The Labute approximate surface area is 63.3 Å². The molecule has 0 aliphatic heterocycles. The Balaban J connectivity index is 3.90. The topological polar surface area (TPSA) is 0 Å². The molecule has 0 radical (unpaired) electrons. The molecule has 0 aliphatic rings. The molecule has 0 heteroatoms. The third-order valence-electron chi connectivity index (χ3n) is 1.15. The second-order valence-corrected chi connectivity index (χ2v) is 2.19. The van der Waals surface area contributed by atoms with E-state index in [1.54, 1.807) is 0 Å². The Morgan fingerprint density at radius 2 is 1.80 bits per heavy atom. The van der Waals surface area contributed by atoms with E-state index in [1.165, 1.54) is 0 Å². The minimum Gasteiger partial charge on any atom is -0.0955 e. The molecule has 0 nitrogen and oxygen atoms in total. The predicted molar refractivity (Wildman–Crippen MR) is 47.9 cm³/mol. The first kappa shape index (κ1) is 8.96. The molecule has 0 heterocycles. The molecule has 0 fully saturated rings. The van der Waals surface area contributed by atoms with Gasteiger partial charge < -0.3 is 0 Å². The van der Waals surface area contributed by atoms with Gasteiger partial charge in [0.25, 0.3) is 0 Å². The summed E-state index contributed by atoms with van der Waals surface area (Å²) in [7, 11) is 0. The number of hydrogen-bond acceptors (Lipinski definition) is 0. The highest BCUT2D eigenvalue weighted by molar-refractivity contribution is 5.34. The van der Waals surface area contributed by atoms with Crippen LogP contribution in [0.15, 0.2) is 48.6 Å². The van der Waals surface area contributed by atoms with Crippen LogP contribution in [0.4, 0.5) is 0 Å². The summed E-state index contributed by atoms with van der Waals surface area (Å²) in [5.41, 5.74) is 2.00. The van der Waals surface area contributed by atoms with Crippen LogP contribution in [0.3, 0.4) is 0 Å². The van der Waals surface area contributed by atoms with Crippen LogP contribution in [0.2, 0.25) is 0 Å². The van der Waals surface area contributed by atoms with Crippen LogP contribution in [-0.2, 0) is 0 Å². The monoisotopic (exact) mass is 134 g/mol. The smallest absolute Gasteiger partial charge is 0.0305 e. The van der Waals surface area contributed by atoms with Gasteiger partial charge in [-0.25, -0.2) is 0 Å². The van der Waals surface area contributed by atoms with Gasteiger partial charge in [0.15, 0.2) is 0 Å². The van der Waals surface area contributed by atoms with Crippen molar-refractivity contribution >= 4 is 0 Å². The maximum atomic E-state index is 3.81. The molecule has 0 N–H and O–H groups in total. The van der Waals surface area contributed by atoms with Crippen molar-refractivity contribution in [3.05, 3.63) is 48.6 Å². The van der Waals surface area contributed by atoms with Gasteiger partial charge in [-0.3, -0.25) is 0 Å². The highest BCUT2D eigenvalue weighted by Gasteiger charge is 1.83. The Kier molecular flexibility index (Phi) is 4.30. The summed E-state index contributed by atoms with van der Waals surface area (Å²) in [5, 5.41) is 0. The third-order valence-corrected chi connectivity index (χ3v) is 1.15. The molecule has 0 aromatic rings. The molecular weight excluding hydrogens is 120 g/mol. The van der Waals surface area contributed by atoms with Crippen molar-refractivity contribution in [1.82, 2.24) is 0 Å². The lowest BCUT2D eigenvalue weighted by Crippen LogP contribution is -1.72. The molecule has 0 spiro atoms. The average Bonchev–Trinajstić information content (AvgIpc) is 1.88. The van der Waals surface area contributed by atoms with E-state index in [9.17, 15) is 0 Å². The van der Waals surface area contributed by atoms with Crippen molar-refractivity contribution in [3.63, 3.8) is 0 Å². The van der Waals surface area contributed by atoms with E-state index in [2.05, 4.69) is 13.2 Å². The fourth-order valence-corrected chi connectivity index (χ4v) is 0.425. The van der Waals surface area contributed by atoms with Crippen molar-refractivity contribution in [3.8, 4) is 0 Å². The molecule has 0 aromatic carbocycles. The number of allylic oxidation sites excluding steroid dienone is 6. The van der Waals surface area contributed by atoms with Gasteiger partial charge in [0.05, 0.1) is 0 Å². The Morgan fingerprint density at radius 1 is 1.20 bits per heavy atom. The van der Waals surface area contributed by atoms with Crippen LogP contribution >= 0.6 is 0 Å². The third kappa shape index (κ3) is 3.90. The van der Waals surface area contributed by atoms with Crippen molar-refractivity contribution in [2.24, 2.45) is 0 Å². The van der Waals surface area contributed by atoms with Crippen LogP contribution in [0.25, 0.3) is 0 Å². The van der Waals surface area contributed by atoms with Gasteiger partial charge in [-0.15, -0.1) is 0 Å². The van der Waals surface area contributed by atoms with Crippen LogP contribution < -0.4 is 0 Å². The molecule has 0 atom stereocenters. The van der Waals surface area contributed by atoms with E-state index in [4.69, 9.17) is 0 Å². The van der Waals surface area contributed by atoms with Gasteiger partial charge in [0.2, 0.25) is 0 Å². The molecule has 0 bridgehead atoms. The normalized spacial score (nSPS) is 11.0. The first-order valence-electron chi connectivity index (χ1n) is 3.32. The molecule has 0 unspecified atom stereocenters. The van der Waals surface area contributed by atoms with E-state index < -0.39 is 0 Å². The summed E-state index contributed by atoms with van der Waals surface area (Å²) in [6.07, 6.45) is 7.84. The molecule has 54 valence electrons. The van der Waals surface area contributed by atoms with E-state index >= 15 is 0 Å². The lowest BCUT2D eigenvalue weighted by molar-refractivity contribution is 1.47. The van der Waals surface area contributed by atoms with Crippen molar-refractivity contribution in [2.75, 3.05) is 0 Å². The molecule has 0 saturated heterocycles. The summed E-state index contributed by atoms with van der Waals surface area (Å²) in [4.78, 5) is 0. The minimum absolute atomic E-state index is 0.984. The second kappa shape index (κ2) is 4.80. The number of hydrogen-bond donors (Lipinski definition) is 0. The first-order valence-corrected chi connectivity index (χ1v) is 3.32. The summed E-state index contributed by atoms with van der Waals surface area (Å²) in [5.74, 6) is 0. The molecule has 0 rings (SSSR count). The van der Waals surface area contributed by atoms with Crippen LogP contribution in [-0.4, -0.2) is 0 Å². The zero-order valence-corrected chi connectivity index (χ0v) is 6.72. The van der Waals surface area contributed by atoms with E-state index in [0.29, 0.717) is 0 Å². The van der Waals surface area contributed by atoms with E-state index in [-0.39, 0.29) is 0 Å². The van der Waals surface area contributed by atoms with Crippen LogP contribution in [0.5, 0.6) is 0 Å². The summed E-state index contributed by atoms with van der Waals surface area (Å²) in [6, 6.07) is 0. The predicted octanol–water partition coefficient (Wildman–Crippen LogP) is 3.25. The van der Waals surface area contributed by atoms with Gasteiger partial charge in [-0.2, -0.15) is 0 Å². The second-order valence-electron chi connectivity index (χ2n) is 2.19. The van der Waals surface area contributed by atoms with Crippen molar-refractivity contribution in [2.45, 2.75) is 13.8 Å². The highest BCUT2D eigenvalue weighted by atomic mass is 13.9. The van der Waals surface area contributed by atoms with E-state index in [1.807, 2.05) is 38.2 Å². The lowest BCUT2D eigenvalue weighted by atomic mass is 10.1. The first-order chi connectivity index (χ1) is 4.68. The fraction of sp³-hybridized carbons (Fsp3) is 0.200. The summed E-state index contributed by atoms with van der Waals surface area (Å²) < 4.78 is 0. The van der Waals surface area contributed by atoms with E-state index in [0.717, 1.165) is 11.1 Å². The van der Waals surface area contributed by atoms with Gasteiger partial charge in [0.1, 0.15) is 0 Å². The summed E-state index contributed by atoms with van der Waals surface area (Å²) >= 11 is 0. The van der Waals surface area contributed by atoms with Gasteiger partial charge in [0, 0.05) is 0 Å². The molecule has 0 aromatic heterocycles. The Hall–Kier alpha value is -1.04. The SMILES string of the molecule is C=C(C)C(=C)/C=C\C=C/C.